The van der Waals surface area contributed by atoms with E-state index in [0.29, 0.717) is 12.5 Å². The molecule has 29 heavy (non-hydrogen) atoms. The lowest BCUT2D eigenvalue weighted by Crippen LogP contribution is -2.48. The van der Waals surface area contributed by atoms with E-state index in [4.69, 9.17) is 9.47 Å². The summed E-state index contributed by atoms with van der Waals surface area (Å²) in [6.07, 6.45) is 4.36. The van der Waals surface area contributed by atoms with Crippen molar-refractivity contribution >= 4 is 0 Å². The summed E-state index contributed by atoms with van der Waals surface area (Å²) in [7, 11) is 1.67. The standard InChI is InChI=1S/C24H34N2O3/c1-23(2,3)12-17-13-26-8-5-16-9-22(29-15-24(14-25)6-7-24)21(28-4)10-18(16)19(26)11-20(17)27/h9-10,17,19-20,27H,5-8,11-13,15H2,1-4H3/t17-,19-,20-/m1/s1. The summed E-state index contributed by atoms with van der Waals surface area (Å²) in [6.45, 7) is 9.15. The van der Waals surface area contributed by atoms with Crippen molar-refractivity contribution in [1.29, 1.82) is 5.26 Å². The molecule has 0 spiro atoms. The van der Waals surface area contributed by atoms with Gasteiger partial charge in [0.2, 0.25) is 0 Å². The Bertz CT molecular complexity index is 804. The highest BCUT2D eigenvalue weighted by Gasteiger charge is 2.44. The molecule has 1 N–H and O–H groups in total. The molecule has 1 saturated carbocycles. The van der Waals surface area contributed by atoms with Crippen molar-refractivity contribution in [2.75, 3.05) is 26.8 Å². The lowest BCUT2D eigenvalue weighted by Gasteiger charge is -2.47. The largest absolute Gasteiger partial charge is 0.493 e. The van der Waals surface area contributed by atoms with Crippen molar-refractivity contribution < 1.29 is 14.6 Å². The van der Waals surface area contributed by atoms with Crippen LogP contribution in [0.4, 0.5) is 0 Å². The van der Waals surface area contributed by atoms with Crippen molar-refractivity contribution in [2.45, 2.75) is 65.0 Å². The Morgan fingerprint density at radius 2 is 2.03 bits per heavy atom. The molecule has 5 heteroatoms. The molecule has 1 saturated heterocycles. The molecule has 5 nitrogen and oxygen atoms in total. The molecule has 0 unspecified atom stereocenters. The average molecular weight is 399 g/mol. The SMILES string of the molecule is COc1cc2c(cc1OCC1(C#N)CC1)CCN1C[C@@H](CC(C)(C)C)[C@H](O)C[C@H]21. The van der Waals surface area contributed by atoms with Crippen LogP contribution in [0.5, 0.6) is 11.5 Å². The molecule has 3 atom stereocenters. The second-order valence-corrected chi connectivity index (χ2v) is 10.5. The molecule has 3 aliphatic rings. The van der Waals surface area contributed by atoms with Gasteiger partial charge in [0.25, 0.3) is 0 Å². The molecule has 2 aliphatic heterocycles. The lowest BCUT2D eigenvalue weighted by molar-refractivity contribution is -0.0259. The number of ether oxygens (including phenoxy) is 2. The van der Waals surface area contributed by atoms with E-state index in [0.717, 1.165) is 56.7 Å². The highest BCUT2D eigenvalue weighted by atomic mass is 16.5. The number of hydrogen-bond donors (Lipinski definition) is 1. The fourth-order valence-electron chi connectivity index (χ4n) is 5.01. The van der Waals surface area contributed by atoms with Crippen LogP contribution in [0.1, 0.15) is 63.6 Å². The zero-order valence-corrected chi connectivity index (χ0v) is 18.2. The van der Waals surface area contributed by atoms with Crippen molar-refractivity contribution in [1.82, 2.24) is 4.90 Å². The summed E-state index contributed by atoms with van der Waals surface area (Å²) >= 11 is 0. The molecule has 2 heterocycles. The van der Waals surface area contributed by atoms with Gasteiger partial charge in [-0.3, -0.25) is 4.90 Å². The third-order valence-electron chi connectivity index (χ3n) is 6.84. The summed E-state index contributed by atoms with van der Waals surface area (Å²) in [6, 6.07) is 6.83. The quantitative estimate of drug-likeness (QED) is 0.809. The van der Waals surface area contributed by atoms with Gasteiger partial charge in [0.05, 0.1) is 24.7 Å². The van der Waals surface area contributed by atoms with Gasteiger partial charge in [-0.25, -0.2) is 0 Å². The number of benzene rings is 1. The maximum atomic E-state index is 10.9. The molecular formula is C24H34N2O3. The molecule has 2 fully saturated rings. The van der Waals surface area contributed by atoms with Gasteiger partial charge in [0.15, 0.2) is 11.5 Å². The minimum atomic E-state index is -0.298. The monoisotopic (exact) mass is 398 g/mol. The van der Waals surface area contributed by atoms with Gasteiger partial charge in [-0.1, -0.05) is 20.8 Å². The molecule has 0 amide bonds. The van der Waals surface area contributed by atoms with Gasteiger partial charge in [0, 0.05) is 19.1 Å². The zero-order valence-electron chi connectivity index (χ0n) is 18.2. The van der Waals surface area contributed by atoms with E-state index in [1.54, 1.807) is 7.11 Å². The fraction of sp³-hybridized carbons (Fsp3) is 0.708. The van der Waals surface area contributed by atoms with E-state index in [1.807, 2.05) is 0 Å². The first-order valence-electron chi connectivity index (χ1n) is 10.9. The molecule has 4 rings (SSSR count). The van der Waals surface area contributed by atoms with Gasteiger partial charge < -0.3 is 14.6 Å². The molecule has 0 aromatic heterocycles. The van der Waals surface area contributed by atoms with Crippen LogP contribution in [-0.2, 0) is 6.42 Å². The number of rotatable bonds is 5. The first-order chi connectivity index (χ1) is 13.7. The highest BCUT2D eigenvalue weighted by Crippen LogP contribution is 2.47. The van der Waals surface area contributed by atoms with Gasteiger partial charge >= 0.3 is 0 Å². The molecule has 1 aliphatic carbocycles. The van der Waals surface area contributed by atoms with Crippen LogP contribution in [0.25, 0.3) is 0 Å². The number of piperidine rings is 1. The molecular weight excluding hydrogens is 364 g/mol. The first-order valence-corrected chi connectivity index (χ1v) is 10.9. The molecule has 158 valence electrons. The summed E-state index contributed by atoms with van der Waals surface area (Å²) in [5.74, 6) is 1.80. The first kappa shape index (κ1) is 20.5. The van der Waals surface area contributed by atoms with E-state index in [1.165, 1.54) is 11.1 Å². The Labute approximate surface area is 174 Å². The third-order valence-corrected chi connectivity index (χ3v) is 6.84. The number of aliphatic hydroxyl groups is 1. The summed E-state index contributed by atoms with van der Waals surface area (Å²) in [4.78, 5) is 2.54. The topological polar surface area (TPSA) is 65.7 Å². The van der Waals surface area contributed by atoms with Crippen LogP contribution >= 0.6 is 0 Å². The summed E-state index contributed by atoms with van der Waals surface area (Å²) < 4.78 is 11.7. The van der Waals surface area contributed by atoms with Crippen LogP contribution in [0.2, 0.25) is 0 Å². The second-order valence-electron chi connectivity index (χ2n) is 10.5. The fourth-order valence-corrected chi connectivity index (χ4v) is 5.01. The minimum Gasteiger partial charge on any atom is -0.493 e. The number of nitriles is 1. The van der Waals surface area contributed by atoms with Crippen molar-refractivity contribution in [2.24, 2.45) is 16.7 Å². The number of hydrogen-bond acceptors (Lipinski definition) is 5. The van der Waals surface area contributed by atoms with Gasteiger partial charge in [-0.05, 0) is 66.7 Å². The summed E-state index contributed by atoms with van der Waals surface area (Å²) in [5.41, 5.74) is 2.47. The van der Waals surface area contributed by atoms with Crippen molar-refractivity contribution in [3.8, 4) is 17.6 Å². The van der Waals surface area contributed by atoms with Gasteiger partial charge in [0.1, 0.15) is 6.61 Å². The van der Waals surface area contributed by atoms with Gasteiger partial charge in [-0.2, -0.15) is 5.26 Å². The van der Waals surface area contributed by atoms with Crippen molar-refractivity contribution in [3.63, 3.8) is 0 Å². The highest BCUT2D eigenvalue weighted by molar-refractivity contribution is 5.50. The predicted molar refractivity (Wildman–Crippen MR) is 112 cm³/mol. The number of fused-ring (bicyclic) bond motifs is 3. The predicted octanol–water partition coefficient (Wildman–Crippen LogP) is 4.09. The van der Waals surface area contributed by atoms with E-state index in [9.17, 15) is 10.4 Å². The van der Waals surface area contributed by atoms with Crippen LogP contribution in [0.15, 0.2) is 12.1 Å². The Kier molecular flexibility index (Phi) is 5.29. The van der Waals surface area contributed by atoms with E-state index in [-0.39, 0.29) is 23.0 Å². The van der Waals surface area contributed by atoms with E-state index < -0.39 is 0 Å². The average Bonchev–Trinajstić information content (AvgIpc) is 3.46. The van der Waals surface area contributed by atoms with Crippen LogP contribution < -0.4 is 9.47 Å². The maximum Gasteiger partial charge on any atom is 0.161 e. The van der Waals surface area contributed by atoms with Crippen LogP contribution in [-0.4, -0.2) is 42.9 Å². The number of aliphatic hydroxyl groups excluding tert-OH is 1. The lowest BCUT2D eigenvalue weighted by atomic mass is 9.75. The maximum absolute atomic E-state index is 10.9. The smallest absolute Gasteiger partial charge is 0.161 e. The molecule has 1 aromatic carbocycles. The Balaban J connectivity index is 1.54. The number of nitrogens with zero attached hydrogens (tertiary/aromatic N) is 2. The Morgan fingerprint density at radius 3 is 2.66 bits per heavy atom. The third kappa shape index (κ3) is 4.25. The van der Waals surface area contributed by atoms with Crippen LogP contribution in [0.3, 0.4) is 0 Å². The van der Waals surface area contributed by atoms with Crippen molar-refractivity contribution in [3.05, 3.63) is 23.3 Å². The van der Waals surface area contributed by atoms with E-state index >= 15 is 0 Å². The van der Waals surface area contributed by atoms with Gasteiger partial charge in [-0.15, -0.1) is 0 Å². The Morgan fingerprint density at radius 1 is 1.28 bits per heavy atom. The molecule has 1 aromatic rings. The zero-order chi connectivity index (χ0) is 20.8. The normalized spacial score (nSPS) is 28.1. The molecule has 0 radical (unpaired) electrons. The van der Waals surface area contributed by atoms with E-state index in [2.05, 4.69) is 43.9 Å². The van der Waals surface area contributed by atoms with Crippen LogP contribution in [0, 0.1) is 28.1 Å². The number of methoxy groups -OCH3 is 1. The second kappa shape index (κ2) is 7.49. The molecule has 0 bridgehead atoms. The Hall–Kier alpha value is -1.77. The summed E-state index contributed by atoms with van der Waals surface area (Å²) in [5, 5.41) is 20.2. The minimum absolute atomic E-state index is 0.226.